The Morgan fingerprint density at radius 3 is 2.52 bits per heavy atom. The molecule has 6 heteroatoms. The predicted molar refractivity (Wildman–Crippen MR) is 87.3 cm³/mol. The van der Waals surface area contributed by atoms with Crippen LogP contribution in [0.15, 0.2) is 24.3 Å². The first-order valence-corrected chi connectivity index (χ1v) is 7.58. The van der Waals surface area contributed by atoms with Crippen molar-refractivity contribution < 1.29 is 19.4 Å². The van der Waals surface area contributed by atoms with E-state index < -0.39 is 12.6 Å². The molecule has 0 aliphatic rings. The molecule has 0 spiro atoms. The quantitative estimate of drug-likeness (QED) is 0.670. The van der Waals surface area contributed by atoms with Gasteiger partial charge in [0.05, 0.1) is 0 Å². The van der Waals surface area contributed by atoms with Crippen molar-refractivity contribution in [3.8, 4) is 5.75 Å². The molecule has 0 fully saturated rings. The van der Waals surface area contributed by atoms with E-state index in [2.05, 4.69) is 0 Å². The Kier molecular flexibility index (Phi) is 5.11. The van der Waals surface area contributed by atoms with E-state index in [9.17, 15) is 14.7 Å². The normalized spacial score (nSPS) is 10.6. The molecule has 2 rings (SSSR count). The van der Waals surface area contributed by atoms with Crippen LogP contribution < -0.4 is 0 Å². The second-order valence-electron chi connectivity index (χ2n) is 5.19. The van der Waals surface area contributed by atoms with Gasteiger partial charge in [-0.1, -0.05) is 11.6 Å². The highest BCUT2D eigenvalue weighted by atomic mass is 35.5. The summed E-state index contributed by atoms with van der Waals surface area (Å²) in [5.41, 5.74) is 2.29. The fourth-order valence-electron chi connectivity index (χ4n) is 2.53. The molecule has 122 valence electrons. The topological polar surface area (TPSA) is 68.5 Å². The molecular weight excluding hydrogens is 318 g/mol. The number of carbonyl (C=O) groups excluding carboxylic acids is 2. The molecule has 1 aromatic carbocycles. The summed E-state index contributed by atoms with van der Waals surface area (Å²) in [7, 11) is 0. The van der Waals surface area contributed by atoms with Crippen LogP contribution in [0.25, 0.3) is 0 Å². The van der Waals surface area contributed by atoms with E-state index in [1.165, 1.54) is 18.2 Å². The van der Waals surface area contributed by atoms with E-state index in [-0.39, 0.29) is 17.1 Å². The molecule has 1 aromatic heterocycles. The van der Waals surface area contributed by atoms with Crippen molar-refractivity contribution in [1.82, 2.24) is 4.57 Å². The van der Waals surface area contributed by atoms with Gasteiger partial charge >= 0.3 is 5.97 Å². The first-order valence-electron chi connectivity index (χ1n) is 7.20. The Balaban J connectivity index is 2.10. The van der Waals surface area contributed by atoms with E-state index >= 15 is 0 Å². The number of aromatic nitrogens is 1. The van der Waals surface area contributed by atoms with Crippen LogP contribution in [-0.4, -0.2) is 28.0 Å². The van der Waals surface area contributed by atoms with E-state index in [0.717, 1.165) is 17.9 Å². The Morgan fingerprint density at radius 2 is 1.91 bits per heavy atom. The number of ketones is 1. The zero-order valence-electron chi connectivity index (χ0n) is 13.2. The second-order valence-corrected chi connectivity index (χ2v) is 5.63. The van der Waals surface area contributed by atoms with Crippen LogP contribution >= 0.6 is 11.6 Å². The summed E-state index contributed by atoms with van der Waals surface area (Å²) < 4.78 is 7.01. The lowest BCUT2D eigenvalue weighted by Crippen LogP contribution is -2.15. The maximum absolute atomic E-state index is 12.3. The summed E-state index contributed by atoms with van der Waals surface area (Å²) in [5, 5.41) is 9.95. The second kappa shape index (κ2) is 6.87. The van der Waals surface area contributed by atoms with Gasteiger partial charge in [-0.25, -0.2) is 4.79 Å². The van der Waals surface area contributed by atoms with Crippen LogP contribution in [-0.2, 0) is 11.3 Å². The Bertz CT molecular complexity index is 764. The third-order valence-corrected chi connectivity index (χ3v) is 3.94. The lowest BCUT2D eigenvalue weighted by Gasteiger charge is -2.07. The number of aromatic hydroxyl groups is 1. The van der Waals surface area contributed by atoms with Gasteiger partial charge < -0.3 is 14.4 Å². The number of phenols is 1. The zero-order valence-corrected chi connectivity index (χ0v) is 14.0. The van der Waals surface area contributed by atoms with E-state index in [1.54, 1.807) is 6.07 Å². The molecule has 0 saturated heterocycles. The average Bonchev–Trinajstić information content (AvgIpc) is 2.81. The van der Waals surface area contributed by atoms with Crippen molar-refractivity contribution in [2.45, 2.75) is 27.3 Å². The van der Waals surface area contributed by atoms with Gasteiger partial charge in [0, 0.05) is 28.5 Å². The monoisotopic (exact) mass is 335 g/mol. The lowest BCUT2D eigenvalue weighted by molar-refractivity contribution is 0.0471. The van der Waals surface area contributed by atoms with E-state index in [0.29, 0.717) is 10.6 Å². The van der Waals surface area contributed by atoms with Gasteiger partial charge in [-0.15, -0.1) is 0 Å². The molecule has 0 amide bonds. The Hall–Kier alpha value is -2.27. The molecule has 1 N–H and O–H groups in total. The number of Topliss-reactive ketones (excluding diaryl/α,β-unsaturated/α-hetero) is 1. The third-order valence-electron chi connectivity index (χ3n) is 3.70. The number of rotatable bonds is 5. The van der Waals surface area contributed by atoms with Crippen LogP contribution in [0.2, 0.25) is 5.02 Å². The van der Waals surface area contributed by atoms with Gasteiger partial charge in [0.25, 0.3) is 0 Å². The lowest BCUT2D eigenvalue weighted by atomic mass is 10.1. The predicted octanol–water partition coefficient (Wildman–Crippen LogP) is 3.52. The number of nitrogens with zero attached hydrogens (tertiary/aromatic N) is 1. The van der Waals surface area contributed by atoms with E-state index in [4.69, 9.17) is 16.3 Å². The smallest absolute Gasteiger partial charge is 0.342 e. The highest BCUT2D eigenvalue weighted by molar-refractivity contribution is 6.31. The summed E-state index contributed by atoms with van der Waals surface area (Å²) in [6, 6.07) is 5.84. The first-order chi connectivity index (χ1) is 10.8. The molecule has 5 nitrogen and oxygen atoms in total. The van der Waals surface area contributed by atoms with E-state index in [1.807, 2.05) is 25.3 Å². The molecule has 0 radical (unpaired) electrons. The van der Waals surface area contributed by atoms with Gasteiger partial charge in [-0.2, -0.15) is 0 Å². The largest absolute Gasteiger partial charge is 0.507 e. The molecule has 23 heavy (non-hydrogen) atoms. The molecule has 2 aromatic rings. The zero-order chi connectivity index (χ0) is 17.1. The van der Waals surface area contributed by atoms with Crippen LogP contribution in [0.1, 0.15) is 39.0 Å². The summed E-state index contributed by atoms with van der Waals surface area (Å²) >= 11 is 5.79. The van der Waals surface area contributed by atoms with Crippen LogP contribution in [0.4, 0.5) is 0 Å². The minimum atomic E-state index is -0.789. The molecular formula is C17H18ClNO4. The average molecular weight is 336 g/mol. The molecule has 0 aliphatic heterocycles. The van der Waals surface area contributed by atoms with Gasteiger partial charge in [0.2, 0.25) is 5.78 Å². The number of carbonyl (C=O) groups is 2. The maximum atomic E-state index is 12.3. The van der Waals surface area contributed by atoms with Crippen LogP contribution in [0, 0.1) is 13.8 Å². The number of aryl methyl sites for hydroxylation is 1. The molecule has 0 saturated carbocycles. The number of halogens is 1. The highest BCUT2D eigenvalue weighted by Gasteiger charge is 2.19. The number of hydrogen-bond donors (Lipinski definition) is 1. The van der Waals surface area contributed by atoms with Gasteiger partial charge in [0.15, 0.2) is 6.61 Å². The molecule has 0 unspecified atom stereocenters. The van der Waals surface area contributed by atoms with Crippen LogP contribution in [0.3, 0.4) is 0 Å². The third kappa shape index (κ3) is 3.56. The fourth-order valence-corrected chi connectivity index (χ4v) is 2.70. The van der Waals surface area contributed by atoms with Crippen molar-refractivity contribution in [2.24, 2.45) is 0 Å². The number of ether oxygens (including phenoxy) is 1. The standard InChI is InChI=1S/C17H18ClNO4/c1-4-19-10(2)7-13(11(19)3)16(21)9-23-17(22)14-8-12(18)5-6-15(14)20/h5-8,20H,4,9H2,1-3H3. The number of hydrogen-bond acceptors (Lipinski definition) is 4. The minimum Gasteiger partial charge on any atom is -0.507 e. The van der Waals surface area contributed by atoms with Gasteiger partial charge in [0.1, 0.15) is 11.3 Å². The minimum absolute atomic E-state index is 0.0654. The van der Waals surface area contributed by atoms with Crippen molar-refractivity contribution >= 4 is 23.4 Å². The summed E-state index contributed by atoms with van der Waals surface area (Å²) in [4.78, 5) is 24.2. The number of esters is 1. The van der Waals surface area contributed by atoms with Crippen molar-refractivity contribution in [3.63, 3.8) is 0 Å². The molecule has 0 aliphatic carbocycles. The Morgan fingerprint density at radius 1 is 1.22 bits per heavy atom. The highest BCUT2D eigenvalue weighted by Crippen LogP contribution is 2.22. The molecule has 0 bridgehead atoms. The van der Waals surface area contributed by atoms with Gasteiger partial charge in [-0.3, -0.25) is 4.79 Å². The van der Waals surface area contributed by atoms with Crippen LogP contribution in [0.5, 0.6) is 5.75 Å². The Labute approximate surface area is 139 Å². The number of benzene rings is 1. The van der Waals surface area contributed by atoms with Gasteiger partial charge in [-0.05, 0) is 45.0 Å². The van der Waals surface area contributed by atoms with Crippen molar-refractivity contribution in [1.29, 1.82) is 0 Å². The summed E-state index contributed by atoms with van der Waals surface area (Å²) in [5.74, 6) is -1.31. The summed E-state index contributed by atoms with van der Waals surface area (Å²) in [6.45, 7) is 6.15. The molecule has 1 heterocycles. The van der Waals surface area contributed by atoms with Crippen molar-refractivity contribution in [3.05, 3.63) is 51.8 Å². The fraction of sp³-hybridized carbons (Fsp3) is 0.294. The maximum Gasteiger partial charge on any atom is 0.342 e. The first kappa shape index (κ1) is 17.1. The molecule has 0 atom stereocenters. The SMILES string of the molecule is CCn1c(C)cc(C(=O)COC(=O)c2cc(Cl)ccc2O)c1C. The number of phenolic OH excluding ortho intramolecular Hbond substituents is 1. The summed E-state index contributed by atoms with van der Waals surface area (Å²) in [6.07, 6.45) is 0. The van der Waals surface area contributed by atoms with Crippen molar-refractivity contribution in [2.75, 3.05) is 6.61 Å².